The molecule has 0 saturated carbocycles. The molecule has 24 radical (unpaired) electrons. The van der Waals surface area contributed by atoms with E-state index in [0.717, 1.165) is 49.4 Å². The average Bonchev–Trinajstić information content (AvgIpc) is 4.05. The topological polar surface area (TPSA) is 115 Å². The van der Waals surface area contributed by atoms with Crippen molar-refractivity contribution in [1.29, 1.82) is 0 Å². The monoisotopic (exact) mass is 980 g/mol. The standard InChI is InChI=1S/C47H26B18N8O.Zn/c48-57-42-45(60-51,63(42)54)18-21-16-22(19-46(61-52)43(58-49)64(46)55)33(23(17-21)20-47(62-53)44(59-50)65(47)56)74-31-15-7-14-30-32(31)41-72-39-29-13-6-5-12-28(29)37(70-39)68-35-25-9-2-1-8-24(25)34(66-35)67-36-26-10-3-4-11-27(26)38(69-36)71-40(30)73-41;/h1-17,42-44H,18-20H2;/q-2;+2/i57+0,58+0,59+0,60+0,61+0,62+0,63+0,64+0,65+0;. The fourth-order valence-corrected chi connectivity index (χ4v) is 12.1. The predicted octanol–water partition coefficient (Wildman–Crippen LogP) is 2.87. The van der Waals surface area contributed by atoms with Crippen LogP contribution in [-0.4, -0.2) is 162 Å². The molecule has 13 rings (SSSR count). The third kappa shape index (κ3) is 7.91. The maximum absolute atomic E-state index is 7.44. The van der Waals surface area contributed by atoms with Gasteiger partial charge in [0.2, 0.25) is 0 Å². The first-order valence-corrected chi connectivity index (χ1v) is 24.6. The van der Waals surface area contributed by atoms with Crippen LogP contribution in [0.5, 0.6) is 11.5 Å². The van der Waals surface area contributed by atoms with Crippen molar-refractivity contribution < 1.29 is 24.2 Å². The maximum atomic E-state index is 7.44. The summed E-state index contributed by atoms with van der Waals surface area (Å²) in [6.07, 6.45) is 1.23. The van der Waals surface area contributed by atoms with Crippen molar-refractivity contribution in [2.75, 3.05) is 0 Å². The van der Waals surface area contributed by atoms with Crippen molar-refractivity contribution in [2.45, 2.75) is 52.1 Å². The number of rotatable bonds is 14. The van der Waals surface area contributed by atoms with E-state index in [1.165, 1.54) is 0 Å². The Morgan fingerprint density at radius 1 is 0.467 bits per heavy atom. The Morgan fingerprint density at radius 2 is 0.853 bits per heavy atom. The van der Waals surface area contributed by atoms with Crippen LogP contribution in [0.4, 0.5) is 0 Å². The molecular weight excluding hydrogens is 954 g/mol. The minimum Gasteiger partial charge on any atom is -0.456 e. The summed E-state index contributed by atoms with van der Waals surface area (Å²) in [5, 5.41) is 1.28. The molecule has 3 saturated heterocycles. The summed E-state index contributed by atoms with van der Waals surface area (Å²) < 4.78 is 7.44. The van der Waals surface area contributed by atoms with E-state index in [9.17, 15) is 0 Å². The molecule has 6 unspecified atom stereocenters. The molecule has 5 aromatic carbocycles. The first-order valence-electron chi connectivity index (χ1n) is 24.6. The van der Waals surface area contributed by atoms with E-state index in [1.54, 1.807) is 43.0 Å². The minimum atomic E-state index is -0.688. The molecule has 0 spiro atoms. The van der Waals surface area contributed by atoms with Crippen LogP contribution in [0.3, 0.4) is 0 Å². The fraction of sp³-hybridized carbons (Fsp3) is 0.191. The van der Waals surface area contributed by atoms with E-state index in [1.807, 2.05) is 91.0 Å². The van der Waals surface area contributed by atoms with Crippen LogP contribution in [0.25, 0.3) is 89.7 Å². The summed E-state index contributed by atoms with van der Waals surface area (Å²) in [5.41, 5.74) is 6.65. The third-order valence-corrected chi connectivity index (χ3v) is 16.5. The van der Waals surface area contributed by atoms with Gasteiger partial charge in [-0.3, -0.25) is 0 Å². The Kier molecular flexibility index (Phi) is 13.0. The molecule has 0 aliphatic carbocycles. The van der Waals surface area contributed by atoms with Crippen LogP contribution in [0.15, 0.2) is 103 Å². The van der Waals surface area contributed by atoms with E-state index in [-0.39, 0.29) is 56.4 Å². The number of aromatic nitrogens is 8. The normalized spacial score (nSPS) is 22.6. The van der Waals surface area contributed by atoms with Crippen molar-refractivity contribution in [2.24, 2.45) is 0 Å². The second-order valence-corrected chi connectivity index (χ2v) is 20.2. The molecule has 0 amide bonds. The molecule has 8 aromatic rings. The molecule has 5 aliphatic heterocycles. The number of hydrogen-bond donors (Lipinski definition) is 0. The minimum absolute atomic E-state index is 0. The van der Waals surface area contributed by atoms with Gasteiger partial charge < -0.3 is 29.7 Å². The van der Waals surface area contributed by atoms with E-state index in [0.29, 0.717) is 87.8 Å². The summed E-state index contributed by atoms with van der Waals surface area (Å²) in [7, 11) is 68.1. The molecule has 6 atom stereocenters. The molecule has 5 aliphatic rings. The quantitative estimate of drug-likeness (QED) is 0.152. The van der Waals surface area contributed by atoms with Crippen LogP contribution in [-0.2, 0) is 38.7 Å². The molecule has 75 heavy (non-hydrogen) atoms. The third-order valence-electron chi connectivity index (χ3n) is 16.5. The van der Waals surface area contributed by atoms with Gasteiger partial charge in [-0.05, 0) is 63.6 Å². The first-order chi connectivity index (χ1) is 36.0. The SMILES string of the molecule is [B][11B]C1[11B]([B])C1([11B][B])Cc1cc(CC2([11B][B])[11B]([B])C2[11B][B])c(Oc2cccc3c2-c2nc4nc(nc5[n-]c(nc6[n-]c(nc-3n2)c2ccccc62)c2ccccc52)-c2ccccc2-4)c(CC2([11B][B])[11B]([B])C2[11B][B])c1.[Zn+2]. The zero-order valence-electron chi connectivity index (χ0n) is 40.8. The summed E-state index contributed by atoms with van der Waals surface area (Å²) in [5.74, 6) is 2.50. The Hall–Kier alpha value is -4.95. The van der Waals surface area contributed by atoms with Crippen molar-refractivity contribution in [3.05, 3.63) is 120 Å². The molecule has 28 heteroatoms. The molecule has 3 fully saturated rings. The van der Waals surface area contributed by atoms with Gasteiger partial charge in [0, 0.05) is 130 Å². The number of fused-ring (bicyclic) bond motifs is 20. The van der Waals surface area contributed by atoms with E-state index in [2.05, 4.69) is 12.1 Å². The maximum Gasteiger partial charge on any atom is 2.00 e. The Labute approximate surface area is 466 Å². The predicted molar refractivity (Wildman–Crippen MR) is 315 cm³/mol. The summed E-state index contributed by atoms with van der Waals surface area (Å²) >= 11 is 0. The zero-order valence-corrected chi connectivity index (χ0v) is 43.7. The zero-order chi connectivity index (χ0) is 50.8. The van der Waals surface area contributed by atoms with E-state index >= 15 is 0 Å². The molecule has 3 aromatic heterocycles. The molecule has 8 heterocycles. The van der Waals surface area contributed by atoms with Gasteiger partial charge in [0.25, 0.3) is 0 Å². The summed E-state index contributed by atoms with van der Waals surface area (Å²) in [6.45, 7) is -0.964. The van der Waals surface area contributed by atoms with Gasteiger partial charge in [0.15, 0.2) is 11.6 Å². The van der Waals surface area contributed by atoms with Gasteiger partial charge in [-0.2, -0.15) is 0 Å². The number of ether oxygens (including phenoxy) is 1. The van der Waals surface area contributed by atoms with Crippen molar-refractivity contribution in [3.63, 3.8) is 0 Å². The van der Waals surface area contributed by atoms with Crippen LogP contribution >= 0.6 is 0 Å². The van der Waals surface area contributed by atoms with Crippen LogP contribution in [0, 0.1) is 0 Å². The number of hydrogen-bond acceptors (Lipinski definition) is 7. The van der Waals surface area contributed by atoms with Crippen LogP contribution < -0.4 is 14.7 Å². The first kappa shape index (κ1) is 50.8. The Bertz CT molecular complexity index is 3750. The molecule has 9 nitrogen and oxygen atoms in total. The number of benzene rings is 5. The molecular formula is C47H26B18N8OZn. The molecule has 0 N–H and O–H groups in total. The van der Waals surface area contributed by atoms with Gasteiger partial charge in [0.1, 0.15) is 11.5 Å². The van der Waals surface area contributed by atoms with E-state index in [4.69, 9.17) is 114 Å². The largest absolute Gasteiger partial charge is 2.00 e. The number of nitrogens with zero attached hydrogens (tertiary/aromatic N) is 8. The average molecular weight is 981 g/mol. The van der Waals surface area contributed by atoms with Gasteiger partial charge in [-0.1, -0.05) is 97.1 Å². The van der Waals surface area contributed by atoms with Crippen LogP contribution in [0.2, 0.25) is 32.8 Å². The van der Waals surface area contributed by atoms with Gasteiger partial charge in [-0.25, -0.2) is 15.0 Å². The fourth-order valence-electron chi connectivity index (χ4n) is 12.1. The Balaban J connectivity index is 0.00000569. The van der Waals surface area contributed by atoms with Gasteiger partial charge in [0.05, 0.1) is 58.5 Å². The molecule has 8 bridgehead atoms. The second kappa shape index (κ2) is 19.2. The van der Waals surface area contributed by atoms with Crippen molar-refractivity contribution >= 4 is 177 Å². The summed E-state index contributed by atoms with van der Waals surface area (Å²) in [6, 6.07) is 33.5. The van der Waals surface area contributed by atoms with Crippen molar-refractivity contribution in [3.8, 4) is 57.1 Å². The van der Waals surface area contributed by atoms with Crippen molar-refractivity contribution in [1.82, 2.24) is 39.9 Å². The smallest absolute Gasteiger partial charge is 0.456 e. The second-order valence-electron chi connectivity index (χ2n) is 20.2. The van der Waals surface area contributed by atoms with Gasteiger partial charge in [-0.15, -0.1) is 32.8 Å². The molecule has 316 valence electrons. The van der Waals surface area contributed by atoms with E-state index < -0.39 is 15.6 Å². The summed E-state index contributed by atoms with van der Waals surface area (Å²) in [4.78, 5) is 41.0. The Morgan fingerprint density at radius 3 is 1.29 bits per heavy atom. The van der Waals surface area contributed by atoms with Gasteiger partial charge >= 0.3 is 19.5 Å². The van der Waals surface area contributed by atoms with Crippen LogP contribution in [0.1, 0.15) is 16.7 Å².